The molecule has 0 fully saturated rings. The molecule has 2 N–H and O–H groups in total. The van der Waals surface area contributed by atoms with Crippen LogP contribution in [0.5, 0.6) is 0 Å². The summed E-state index contributed by atoms with van der Waals surface area (Å²) in [5, 5.41) is 8.96. The predicted octanol–water partition coefficient (Wildman–Crippen LogP) is 1.31. The summed E-state index contributed by atoms with van der Waals surface area (Å²) in [5.41, 5.74) is -1.04. The van der Waals surface area contributed by atoms with Gasteiger partial charge in [-0.1, -0.05) is 20.8 Å². The van der Waals surface area contributed by atoms with E-state index in [0.29, 0.717) is 0 Å². The number of rotatable bonds is 4. The van der Waals surface area contributed by atoms with Crippen molar-refractivity contribution in [2.45, 2.75) is 38.7 Å². The van der Waals surface area contributed by atoms with Crippen LogP contribution in [0, 0.1) is 5.41 Å². The van der Waals surface area contributed by atoms with E-state index in [1.807, 2.05) is 20.8 Å². The second-order valence-electron chi connectivity index (χ2n) is 5.94. The molecular weight excluding hydrogens is 450 g/mol. The molecule has 1 unspecified atom stereocenters. The Bertz CT molecular complexity index is 704. The number of benzene rings is 1. The molecule has 0 aliphatic carbocycles. The van der Waals surface area contributed by atoms with Gasteiger partial charge in [0.2, 0.25) is 0 Å². The summed E-state index contributed by atoms with van der Waals surface area (Å²) >= 11 is 0. The third-order valence-electron chi connectivity index (χ3n) is 3.19. The van der Waals surface area contributed by atoms with Gasteiger partial charge in [-0.3, -0.25) is 4.55 Å². The number of esters is 1. The van der Waals surface area contributed by atoms with Crippen molar-refractivity contribution >= 4 is 70.9 Å². The summed E-state index contributed by atoms with van der Waals surface area (Å²) in [4.78, 5) is 22.4. The molecule has 1 aromatic rings. The van der Waals surface area contributed by atoms with Gasteiger partial charge in [0, 0.05) is 0 Å². The van der Waals surface area contributed by atoms with Crippen LogP contribution in [0.25, 0.3) is 0 Å². The number of carboxylic acid groups (broad SMARTS) is 1. The van der Waals surface area contributed by atoms with E-state index in [1.165, 1.54) is 0 Å². The van der Waals surface area contributed by atoms with Gasteiger partial charge in [-0.25, -0.2) is 9.59 Å². The summed E-state index contributed by atoms with van der Waals surface area (Å²) in [7, 11) is -4.64. The molecule has 0 saturated heterocycles. The zero-order valence-electron chi connectivity index (χ0n) is 12.7. The molecule has 23 heavy (non-hydrogen) atoms. The summed E-state index contributed by atoms with van der Waals surface area (Å²) in [5.74, 6) is -2.29. The van der Waals surface area contributed by atoms with Gasteiger partial charge < -0.3 is 9.84 Å². The van der Waals surface area contributed by atoms with Crippen molar-refractivity contribution in [3.8, 4) is 0 Å². The van der Waals surface area contributed by atoms with Crippen LogP contribution >= 0.6 is 0 Å². The fraction of sp³-hybridized carbons (Fsp3) is 0.429. The van der Waals surface area contributed by atoms with Crippen LogP contribution in [-0.2, 0) is 14.9 Å². The first-order valence-electron chi connectivity index (χ1n) is 6.39. The Morgan fingerprint density at radius 1 is 1.13 bits per heavy atom. The van der Waals surface area contributed by atoms with Gasteiger partial charge in [0.25, 0.3) is 10.1 Å². The van der Waals surface area contributed by atoms with Crippen molar-refractivity contribution in [1.82, 2.24) is 0 Å². The maximum absolute atomic E-state index is 12.1. The van der Waals surface area contributed by atoms with Crippen molar-refractivity contribution in [3.05, 3.63) is 29.3 Å². The predicted molar refractivity (Wildman–Crippen MR) is 86.1 cm³/mol. The van der Waals surface area contributed by atoms with Crippen molar-refractivity contribution in [1.29, 1.82) is 0 Å². The first kappa shape index (κ1) is 22.6. The van der Waals surface area contributed by atoms with Gasteiger partial charge >= 0.3 is 60.8 Å². The average molecular weight is 470 g/mol. The van der Waals surface area contributed by atoms with Crippen molar-refractivity contribution in [2.24, 2.45) is 5.41 Å². The molecule has 7 nitrogen and oxygen atoms in total. The van der Waals surface area contributed by atoms with Gasteiger partial charge in [-0.05, 0) is 30.5 Å². The Morgan fingerprint density at radius 2 is 1.61 bits per heavy atom. The van der Waals surface area contributed by atoms with Gasteiger partial charge in [0.1, 0.15) is 6.10 Å². The molecule has 0 aromatic heterocycles. The van der Waals surface area contributed by atoms with E-state index < -0.39 is 38.6 Å². The number of ether oxygens (including phenoxy) is 1. The molecule has 9 heteroatoms. The molecule has 0 spiro atoms. The summed E-state index contributed by atoms with van der Waals surface area (Å²) < 4.78 is 36.6. The number of hydrogen-bond donors (Lipinski definition) is 2. The van der Waals surface area contributed by atoms with Gasteiger partial charge in [-0.15, -0.1) is 0 Å². The van der Waals surface area contributed by atoms with E-state index in [9.17, 15) is 18.0 Å². The molecule has 1 aromatic carbocycles. The van der Waals surface area contributed by atoms with Crippen LogP contribution in [0.1, 0.15) is 48.4 Å². The Balaban J connectivity index is 0.00000484. The molecule has 0 heterocycles. The van der Waals surface area contributed by atoms with Gasteiger partial charge in [0.05, 0.1) is 16.0 Å². The second-order valence-corrected chi connectivity index (χ2v) is 7.36. The van der Waals surface area contributed by atoms with Crippen molar-refractivity contribution in [3.63, 3.8) is 0 Å². The fourth-order valence-electron chi connectivity index (χ4n) is 1.39. The Kier molecular flexibility index (Phi) is 8.02. The molecule has 126 valence electrons. The van der Waals surface area contributed by atoms with E-state index in [1.54, 1.807) is 6.92 Å². The minimum absolute atomic E-state index is 0. The quantitative estimate of drug-likeness (QED) is 0.388. The van der Waals surface area contributed by atoms with E-state index in [-0.39, 0.29) is 59.9 Å². The van der Waals surface area contributed by atoms with Crippen LogP contribution in [0.4, 0.5) is 0 Å². The molecule has 1 rings (SSSR count). The van der Waals surface area contributed by atoms with Gasteiger partial charge in [0.15, 0.2) is 0 Å². The standard InChI is InChI=1S/C14H18O7S.Ba.2H/c1-8(14(2,3)4)21-13(17)10-5-9(12(15)16)6-11(7-10)22(18,19)20;;;/h5-8H,1-4H3,(H,15,16)(H,18,19,20);;;. The topological polar surface area (TPSA) is 118 Å². The molecule has 0 aliphatic heterocycles. The maximum atomic E-state index is 12.1. The third-order valence-corrected chi connectivity index (χ3v) is 4.02. The van der Waals surface area contributed by atoms with E-state index in [4.69, 9.17) is 14.4 Å². The normalized spacial score (nSPS) is 12.9. The molecule has 1 atom stereocenters. The van der Waals surface area contributed by atoms with Crippen LogP contribution in [-0.4, -0.2) is 85.0 Å². The summed E-state index contributed by atoms with van der Waals surface area (Å²) in [6.45, 7) is 7.22. The zero-order valence-corrected chi connectivity index (χ0v) is 13.5. The number of carbonyl (C=O) groups excluding carboxylic acids is 1. The monoisotopic (exact) mass is 470 g/mol. The number of aromatic carboxylic acids is 1. The van der Waals surface area contributed by atoms with E-state index in [2.05, 4.69) is 0 Å². The first-order valence-corrected chi connectivity index (χ1v) is 7.83. The van der Waals surface area contributed by atoms with Crippen LogP contribution in [0.15, 0.2) is 23.1 Å². The fourth-order valence-corrected chi connectivity index (χ4v) is 1.95. The zero-order chi connectivity index (χ0) is 17.3. The molecular formula is C14H20BaO7S. The summed E-state index contributed by atoms with van der Waals surface area (Å²) in [6, 6.07) is 2.63. The number of hydrogen-bond acceptors (Lipinski definition) is 5. The number of carboxylic acids is 1. The SMILES string of the molecule is CC(OC(=O)c1cc(C(=O)O)cc(S(=O)(=O)O)c1)C(C)(C)C.[BaH2]. The minimum atomic E-state index is -4.64. The van der Waals surface area contributed by atoms with Gasteiger partial charge in [-0.2, -0.15) is 8.42 Å². The molecule has 0 bridgehead atoms. The van der Waals surface area contributed by atoms with Crippen LogP contribution in [0.3, 0.4) is 0 Å². The van der Waals surface area contributed by atoms with Crippen LogP contribution in [0.2, 0.25) is 0 Å². The average Bonchev–Trinajstić information content (AvgIpc) is 2.35. The molecule has 0 saturated carbocycles. The second kappa shape index (κ2) is 8.15. The third kappa shape index (κ3) is 6.57. The summed E-state index contributed by atoms with van der Waals surface area (Å²) in [6.07, 6.45) is -0.484. The van der Waals surface area contributed by atoms with Crippen molar-refractivity contribution < 1.29 is 32.4 Å². The Labute approximate surface area is 175 Å². The van der Waals surface area contributed by atoms with E-state index in [0.717, 1.165) is 18.2 Å². The molecule has 0 aliphatic rings. The van der Waals surface area contributed by atoms with E-state index >= 15 is 0 Å². The number of carbonyl (C=O) groups is 2. The molecule has 0 amide bonds. The Morgan fingerprint density at radius 3 is 2.00 bits per heavy atom. The Hall–Kier alpha value is -0.359. The van der Waals surface area contributed by atoms with Crippen molar-refractivity contribution in [2.75, 3.05) is 0 Å². The molecule has 0 radical (unpaired) electrons. The van der Waals surface area contributed by atoms with Crippen LogP contribution < -0.4 is 0 Å². The first-order chi connectivity index (χ1) is 9.82.